The van der Waals surface area contributed by atoms with E-state index >= 15 is 0 Å². The maximum atomic E-state index is 2.36. The summed E-state index contributed by atoms with van der Waals surface area (Å²) in [6.07, 6.45) is 3.63. The first-order valence-electron chi connectivity index (χ1n) is 8.26. The highest BCUT2D eigenvalue weighted by atomic mass is 14.2. The van der Waals surface area contributed by atoms with Crippen molar-refractivity contribution in [1.82, 2.24) is 0 Å². The molecule has 2 atom stereocenters. The summed E-state index contributed by atoms with van der Waals surface area (Å²) in [6, 6.07) is 18.0. The summed E-state index contributed by atoms with van der Waals surface area (Å²) >= 11 is 0. The number of rotatable bonds is 6. The topological polar surface area (TPSA) is 0 Å². The Labute approximate surface area is 130 Å². The smallest absolute Gasteiger partial charge is 0.0188 e. The molecule has 0 radical (unpaired) electrons. The lowest BCUT2D eigenvalue weighted by atomic mass is 9.87. The van der Waals surface area contributed by atoms with E-state index in [0.717, 1.165) is 6.42 Å². The van der Waals surface area contributed by atoms with Gasteiger partial charge in [-0.15, -0.1) is 0 Å². The highest BCUT2D eigenvalue weighted by molar-refractivity contribution is 5.29. The molecule has 0 N–H and O–H groups in total. The molecule has 0 heteroatoms. The van der Waals surface area contributed by atoms with Crippen molar-refractivity contribution >= 4 is 0 Å². The molecule has 2 unspecified atom stereocenters. The van der Waals surface area contributed by atoms with Gasteiger partial charge in [-0.2, -0.15) is 0 Å². The largest absolute Gasteiger partial charge is 0.0620 e. The molecule has 0 bridgehead atoms. The fourth-order valence-electron chi connectivity index (χ4n) is 3.04. The minimum Gasteiger partial charge on any atom is -0.0620 e. The normalized spacial score (nSPS) is 13.9. The molecule has 0 saturated heterocycles. The molecule has 2 aromatic rings. The van der Waals surface area contributed by atoms with Crippen LogP contribution >= 0.6 is 0 Å². The quantitative estimate of drug-likeness (QED) is 0.587. The van der Waals surface area contributed by atoms with Crippen molar-refractivity contribution < 1.29 is 0 Å². The molecule has 2 rings (SSSR count). The molecule has 0 aromatic heterocycles. The molecule has 112 valence electrons. The highest BCUT2D eigenvalue weighted by Crippen LogP contribution is 2.29. The maximum absolute atomic E-state index is 2.36. The monoisotopic (exact) mass is 280 g/mol. The molecule has 21 heavy (non-hydrogen) atoms. The maximum Gasteiger partial charge on any atom is -0.0188 e. The van der Waals surface area contributed by atoms with Crippen LogP contribution in [0.5, 0.6) is 0 Å². The van der Waals surface area contributed by atoms with Crippen molar-refractivity contribution in [3.8, 4) is 0 Å². The Morgan fingerprint density at radius 3 is 2.05 bits per heavy atom. The zero-order valence-corrected chi connectivity index (χ0v) is 13.9. The number of benzene rings is 2. The molecule has 0 amide bonds. The number of aryl methyl sites for hydroxylation is 2. The molecule has 0 saturated carbocycles. The minimum absolute atomic E-state index is 0.641. The van der Waals surface area contributed by atoms with Gasteiger partial charge < -0.3 is 0 Å². The Morgan fingerprint density at radius 1 is 0.810 bits per heavy atom. The first kappa shape index (κ1) is 15.8. The van der Waals surface area contributed by atoms with Crippen molar-refractivity contribution in [1.29, 1.82) is 0 Å². The fourth-order valence-corrected chi connectivity index (χ4v) is 3.04. The third-order valence-corrected chi connectivity index (χ3v) is 4.71. The van der Waals surface area contributed by atoms with E-state index in [1.54, 1.807) is 0 Å². The molecule has 0 aliphatic carbocycles. The average Bonchev–Trinajstić information content (AvgIpc) is 2.52. The van der Waals surface area contributed by atoms with Crippen LogP contribution < -0.4 is 0 Å². The summed E-state index contributed by atoms with van der Waals surface area (Å²) in [4.78, 5) is 0. The molecular weight excluding hydrogens is 252 g/mol. The SMILES string of the molecule is CCc1ccc(C(C)CCC(C)c2ccccc2C)cc1. The average molecular weight is 280 g/mol. The summed E-state index contributed by atoms with van der Waals surface area (Å²) in [5.41, 5.74) is 5.83. The van der Waals surface area contributed by atoms with Gasteiger partial charge in [-0.25, -0.2) is 0 Å². The van der Waals surface area contributed by atoms with Crippen molar-refractivity contribution in [2.24, 2.45) is 0 Å². The first-order valence-corrected chi connectivity index (χ1v) is 8.26. The van der Waals surface area contributed by atoms with E-state index < -0.39 is 0 Å². The van der Waals surface area contributed by atoms with Gasteiger partial charge in [0, 0.05) is 0 Å². The first-order chi connectivity index (χ1) is 10.1. The van der Waals surface area contributed by atoms with Crippen molar-refractivity contribution in [3.63, 3.8) is 0 Å². The van der Waals surface area contributed by atoms with Gasteiger partial charge in [-0.05, 0) is 60.3 Å². The van der Waals surface area contributed by atoms with E-state index in [9.17, 15) is 0 Å². The van der Waals surface area contributed by atoms with Crippen LogP contribution in [-0.2, 0) is 6.42 Å². The standard InChI is InChI=1S/C21H28/c1-5-19-12-14-20(15-13-19)16(2)10-11-18(4)21-9-7-6-8-17(21)3/h6-9,12-16,18H,5,10-11H2,1-4H3. The summed E-state index contributed by atoms with van der Waals surface area (Å²) in [7, 11) is 0. The van der Waals surface area contributed by atoms with Gasteiger partial charge in [0.25, 0.3) is 0 Å². The zero-order chi connectivity index (χ0) is 15.2. The van der Waals surface area contributed by atoms with Gasteiger partial charge in [0.15, 0.2) is 0 Å². The molecule has 0 nitrogen and oxygen atoms in total. The Bertz CT molecular complexity index is 551. The summed E-state index contributed by atoms with van der Waals surface area (Å²) in [6.45, 7) is 9.14. The predicted molar refractivity (Wildman–Crippen MR) is 93.1 cm³/mol. The van der Waals surface area contributed by atoms with Crippen LogP contribution in [0.1, 0.15) is 67.7 Å². The second-order valence-corrected chi connectivity index (χ2v) is 6.33. The van der Waals surface area contributed by atoms with Gasteiger partial charge in [0.1, 0.15) is 0 Å². The summed E-state index contributed by atoms with van der Waals surface area (Å²) in [5, 5.41) is 0. The lowest BCUT2D eigenvalue weighted by Crippen LogP contribution is -2.00. The summed E-state index contributed by atoms with van der Waals surface area (Å²) < 4.78 is 0. The van der Waals surface area contributed by atoms with E-state index in [1.807, 2.05) is 0 Å². The highest BCUT2D eigenvalue weighted by Gasteiger charge is 2.11. The molecule has 0 fully saturated rings. The third-order valence-electron chi connectivity index (χ3n) is 4.71. The van der Waals surface area contributed by atoms with Crippen molar-refractivity contribution in [3.05, 3.63) is 70.8 Å². The summed E-state index contributed by atoms with van der Waals surface area (Å²) in [5.74, 6) is 1.28. The van der Waals surface area contributed by atoms with Crippen LogP contribution in [0.15, 0.2) is 48.5 Å². The van der Waals surface area contributed by atoms with Crippen LogP contribution in [0.25, 0.3) is 0 Å². The molecule has 0 heterocycles. The second kappa shape index (κ2) is 7.45. The lowest BCUT2D eigenvalue weighted by molar-refractivity contribution is 0.572. The Kier molecular flexibility index (Phi) is 5.61. The van der Waals surface area contributed by atoms with Crippen molar-refractivity contribution in [2.45, 2.75) is 58.8 Å². The molecule has 0 aliphatic rings. The third kappa shape index (κ3) is 4.20. The van der Waals surface area contributed by atoms with Crippen molar-refractivity contribution in [2.75, 3.05) is 0 Å². The van der Waals surface area contributed by atoms with Gasteiger partial charge in [-0.3, -0.25) is 0 Å². The van der Waals surface area contributed by atoms with Gasteiger partial charge in [0.2, 0.25) is 0 Å². The van der Waals surface area contributed by atoms with E-state index in [2.05, 4.69) is 76.2 Å². The molecule has 0 spiro atoms. The minimum atomic E-state index is 0.641. The van der Waals surface area contributed by atoms with E-state index in [4.69, 9.17) is 0 Å². The van der Waals surface area contributed by atoms with Crippen LogP contribution in [0.2, 0.25) is 0 Å². The van der Waals surface area contributed by atoms with E-state index in [-0.39, 0.29) is 0 Å². The fraction of sp³-hybridized carbons (Fsp3) is 0.429. The number of hydrogen-bond donors (Lipinski definition) is 0. The van der Waals surface area contributed by atoms with Crippen LogP contribution in [0.3, 0.4) is 0 Å². The molecule has 0 aliphatic heterocycles. The van der Waals surface area contributed by atoms with Crippen LogP contribution in [-0.4, -0.2) is 0 Å². The number of hydrogen-bond acceptors (Lipinski definition) is 0. The Hall–Kier alpha value is -1.56. The second-order valence-electron chi connectivity index (χ2n) is 6.33. The van der Waals surface area contributed by atoms with E-state index in [0.29, 0.717) is 11.8 Å². The Morgan fingerprint density at radius 2 is 1.43 bits per heavy atom. The van der Waals surface area contributed by atoms with Crippen LogP contribution in [0, 0.1) is 6.92 Å². The lowest BCUT2D eigenvalue weighted by Gasteiger charge is -2.18. The Balaban J connectivity index is 1.94. The zero-order valence-electron chi connectivity index (χ0n) is 13.9. The van der Waals surface area contributed by atoms with Crippen LogP contribution in [0.4, 0.5) is 0 Å². The van der Waals surface area contributed by atoms with Gasteiger partial charge in [-0.1, -0.05) is 69.3 Å². The van der Waals surface area contributed by atoms with Gasteiger partial charge >= 0.3 is 0 Å². The van der Waals surface area contributed by atoms with Gasteiger partial charge in [0.05, 0.1) is 0 Å². The molecular formula is C21H28. The predicted octanol–water partition coefficient (Wildman–Crippen LogP) is 6.24. The van der Waals surface area contributed by atoms with E-state index in [1.165, 1.54) is 35.1 Å². The molecule has 2 aromatic carbocycles.